The van der Waals surface area contributed by atoms with E-state index < -0.39 is 11.7 Å². The van der Waals surface area contributed by atoms with Crippen molar-refractivity contribution in [2.45, 2.75) is 31.6 Å². The molecule has 0 saturated carbocycles. The molecule has 0 amide bonds. The summed E-state index contributed by atoms with van der Waals surface area (Å²) in [6, 6.07) is 8.51. The molecule has 2 aliphatic heterocycles. The number of pyridine rings is 1. The fraction of sp³-hybridized carbons (Fsp3) is 0.350. The normalized spacial score (nSPS) is 18.6. The number of aromatic nitrogens is 3. The molecule has 7 heteroatoms. The van der Waals surface area contributed by atoms with E-state index in [1.807, 2.05) is 12.1 Å². The smallest absolute Gasteiger partial charge is 0.261 e. The Balaban J connectivity index is 1.59. The summed E-state index contributed by atoms with van der Waals surface area (Å²) in [5.41, 5.74) is 2.06. The number of benzene rings is 1. The molecule has 0 N–H and O–H groups in total. The molecule has 1 spiro atoms. The van der Waals surface area contributed by atoms with E-state index in [2.05, 4.69) is 4.98 Å². The van der Waals surface area contributed by atoms with Crippen LogP contribution in [0.25, 0.3) is 22.0 Å². The highest BCUT2D eigenvalue weighted by Gasteiger charge is 2.38. The molecule has 1 fully saturated rings. The number of fused-ring (bicyclic) bond motifs is 2. The number of hydrogen-bond acceptors (Lipinski definition) is 5. The number of rotatable bonds is 1. The zero-order chi connectivity index (χ0) is 18.4. The Morgan fingerprint density at radius 2 is 1.89 bits per heavy atom. The lowest BCUT2D eigenvalue weighted by Gasteiger charge is -2.24. The zero-order valence-electron chi connectivity index (χ0n) is 14.7. The summed E-state index contributed by atoms with van der Waals surface area (Å²) >= 11 is 0. The van der Waals surface area contributed by atoms with Gasteiger partial charge in [-0.05, 0) is 29.3 Å². The molecule has 5 rings (SSSR count). The van der Waals surface area contributed by atoms with Crippen LogP contribution in [-0.2, 0) is 22.4 Å². The van der Waals surface area contributed by atoms with Gasteiger partial charge in [-0.3, -0.25) is 9.36 Å². The minimum atomic E-state index is -0.591. The van der Waals surface area contributed by atoms with Crippen molar-refractivity contribution in [1.82, 2.24) is 14.5 Å². The van der Waals surface area contributed by atoms with Crippen LogP contribution >= 0.6 is 0 Å². The summed E-state index contributed by atoms with van der Waals surface area (Å²) in [6.45, 7) is 1.70. The third kappa shape index (κ3) is 2.83. The van der Waals surface area contributed by atoms with Crippen LogP contribution in [-0.4, -0.2) is 33.5 Å². The Morgan fingerprint density at radius 1 is 1.07 bits per heavy atom. The molecular formula is C20H18FN3O3. The van der Waals surface area contributed by atoms with Crippen LogP contribution in [0.4, 0.5) is 4.39 Å². The standard InChI is InChI=1S/C20H18FN3O3/c21-17-12-14(4-7-22-17)13-1-2-15-16(11-13)23-18-3-5-20(26-9-10-27-20)6-8-24(18)19(15)25/h1-2,4,7,11-12H,3,5-6,8-10H2. The number of aryl methyl sites for hydroxylation is 1. The molecule has 2 aliphatic rings. The predicted octanol–water partition coefficient (Wildman–Crippen LogP) is 2.68. The minimum absolute atomic E-state index is 0.0579. The van der Waals surface area contributed by atoms with E-state index in [0.29, 0.717) is 55.5 Å². The monoisotopic (exact) mass is 367 g/mol. The van der Waals surface area contributed by atoms with Gasteiger partial charge in [-0.25, -0.2) is 9.97 Å². The first-order valence-corrected chi connectivity index (χ1v) is 9.07. The lowest BCUT2D eigenvalue weighted by atomic mass is 10.1. The summed E-state index contributed by atoms with van der Waals surface area (Å²) in [6.07, 6.45) is 3.36. The topological polar surface area (TPSA) is 66.2 Å². The third-order valence-electron chi connectivity index (χ3n) is 5.35. The highest BCUT2D eigenvalue weighted by molar-refractivity contribution is 5.83. The van der Waals surface area contributed by atoms with Crippen LogP contribution in [0.5, 0.6) is 0 Å². The molecule has 0 aliphatic carbocycles. The Hall–Kier alpha value is -2.64. The lowest BCUT2D eigenvalue weighted by molar-refractivity contribution is -0.165. The van der Waals surface area contributed by atoms with Gasteiger partial charge in [0.2, 0.25) is 5.95 Å². The zero-order valence-corrected chi connectivity index (χ0v) is 14.7. The Morgan fingerprint density at radius 3 is 2.70 bits per heavy atom. The van der Waals surface area contributed by atoms with Crippen molar-refractivity contribution in [3.8, 4) is 11.1 Å². The van der Waals surface area contributed by atoms with Crippen molar-refractivity contribution in [3.05, 3.63) is 58.7 Å². The fourth-order valence-electron chi connectivity index (χ4n) is 3.95. The van der Waals surface area contributed by atoms with E-state index in [4.69, 9.17) is 14.5 Å². The van der Waals surface area contributed by atoms with Crippen molar-refractivity contribution in [2.75, 3.05) is 13.2 Å². The lowest BCUT2D eigenvalue weighted by Crippen LogP contribution is -2.31. The van der Waals surface area contributed by atoms with E-state index in [-0.39, 0.29) is 5.56 Å². The molecule has 6 nitrogen and oxygen atoms in total. The summed E-state index contributed by atoms with van der Waals surface area (Å²) in [7, 11) is 0. The van der Waals surface area contributed by atoms with Crippen LogP contribution in [0.1, 0.15) is 18.7 Å². The van der Waals surface area contributed by atoms with Crippen LogP contribution in [0.3, 0.4) is 0 Å². The molecule has 0 unspecified atom stereocenters. The van der Waals surface area contributed by atoms with Crippen molar-refractivity contribution in [1.29, 1.82) is 0 Å². The van der Waals surface area contributed by atoms with E-state index in [9.17, 15) is 9.18 Å². The summed E-state index contributed by atoms with van der Waals surface area (Å²) in [5.74, 6) is -0.391. The molecule has 0 bridgehead atoms. The van der Waals surface area contributed by atoms with Gasteiger partial charge in [0.1, 0.15) is 5.82 Å². The van der Waals surface area contributed by atoms with E-state index in [1.54, 1.807) is 16.7 Å². The average Bonchev–Trinajstić information content (AvgIpc) is 3.06. The fourth-order valence-corrected chi connectivity index (χ4v) is 3.95. The van der Waals surface area contributed by atoms with Crippen LogP contribution < -0.4 is 5.56 Å². The van der Waals surface area contributed by atoms with Crippen LogP contribution in [0, 0.1) is 5.95 Å². The average molecular weight is 367 g/mol. The second kappa shape index (κ2) is 6.21. The maximum Gasteiger partial charge on any atom is 0.261 e. The molecule has 1 aromatic carbocycles. The molecule has 0 atom stereocenters. The quantitative estimate of drug-likeness (QED) is 0.619. The second-order valence-electron chi connectivity index (χ2n) is 6.94. The van der Waals surface area contributed by atoms with Gasteiger partial charge in [0.05, 0.1) is 24.1 Å². The van der Waals surface area contributed by atoms with Gasteiger partial charge in [-0.1, -0.05) is 6.07 Å². The van der Waals surface area contributed by atoms with E-state index in [1.165, 1.54) is 12.3 Å². The van der Waals surface area contributed by atoms with Gasteiger partial charge in [-0.15, -0.1) is 0 Å². The van der Waals surface area contributed by atoms with Crippen molar-refractivity contribution in [3.63, 3.8) is 0 Å². The molecule has 3 aromatic rings. The van der Waals surface area contributed by atoms with E-state index >= 15 is 0 Å². The highest BCUT2D eigenvalue weighted by atomic mass is 19.1. The van der Waals surface area contributed by atoms with Gasteiger partial charge in [0.25, 0.3) is 5.56 Å². The van der Waals surface area contributed by atoms with Gasteiger partial charge < -0.3 is 9.47 Å². The maximum atomic E-state index is 13.4. The van der Waals surface area contributed by atoms with Crippen LogP contribution in [0.15, 0.2) is 41.3 Å². The van der Waals surface area contributed by atoms with Gasteiger partial charge >= 0.3 is 0 Å². The largest absolute Gasteiger partial charge is 0.347 e. The van der Waals surface area contributed by atoms with Crippen molar-refractivity contribution in [2.24, 2.45) is 0 Å². The summed E-state index contributed by atoms with van der Waals surface area (Å²) in [5, 5.41) is 0.557. The second-order valence-corrected chi connectivity index (χ2v) is 6.94. The molecule has 2 aromatic heterocycles. The van der Waals surface area contributed by atoms with Gasteiger partial charge in [0.15, 0.2) is 5.79 Å². The number of halogens is 1. The number of nitrogens with zero attached hydrogens (tertiary/aromatic N) is 3. The predicted molar refractivity (Wildman–Crippen MR) is 96.8 cm³/mol. The first kappa shape index (κ1) is 16.5. The van der Waals surface area contributed by atoms with Gasteiger partial charge in [-0.2, -0.15) is 4.39 Å². The molecule has 138 valence electrons. The van der Waals surface area contributed by atoms with E-state index in [0.717, 1.165) is 11.4 Å². The third-order valence-corrected chi connectivity index (χ3v) is 5.35. The number of hydrogen-bond donors (Lipinski definition) is 0. The van der Waals surface area contributed by atoms with Gasteiger partial charge in [0, 0.05) is 38.1 Å². The first-order chi connectivity index (χ1) is 13.1. The van der Waals surface area contributed by atoms with Crippen LogP contribution in [0.2, 0.25) is 0 Å². The Bertz CT molecular complexity index is 1090. The first-order valence-electron chi connectivity index (χ1n) is 9.07. The Kier molecular flexibility index (Phi) is 3.80. The van der Waals surface area contributed by atoms with Crippen molar-refractivity contribution >= 4 is 10.9 Å². The molecule has 4 heterocycles. The minimum Gasteiger partial charge on any atom is -0.347 e. The maximum absolute atomic E-state index is 13.4. The molecule has 0 radical (unpaired) electrons. The molecule has 1 saturated heterocycles. The summed E-state index contributed by atoms with van der Waals surface area (Å²) < 4.78 is 26.8. The molecular weight excluding hydrogens is 349 g/mol. The molecule has 27 heavy (non-hydrogen) atoms. The Labute approximate surface area is 154 Å². The summed E-state index contributed by atoms with van der Waals surface area (Å²) in [4.78, 5) is 21.3. The highest BCUT2D eigenvalue weighted by Crippen LogP contribution is 2.32. The van der Waals surface area contributed by atoms with Crippen molar-refractivity contribution < 1.29 is 13.9 Å². The number of ether oxygens (including phenoxy) is 2. The SMILES string of the molecule is O=c1c2ccc(-c3ccnc(F)c3)cc2nc2n1CCC1(CC2)OCCO1.